The Hall–Kier alpha value is -3.58. The summed E-state index contributed by atoms with van der Waals surface area (Å²) in [5, 5.41) is 11.9. The first-order valence-corrected chi connectivity index (χ1v) is 11.2. The van der Waals surface area contributed by atoms with Gasteiger partial charge in [0.1, 0.15) is 11.5 Å². The summed E-state index contributed by atoms with van der Waals surface area (Å²) in [5.74, 6) is 1.58. The lowest BCUT2D eigenvalue weighted by atomic mass is 9.82. The number of hydrogen-bond donors (Lipinski definition) is 1. The number of nitrogens with zero attached hydrogens (tertiary/aromatic N) is 3. The molecular weight excluding hydrogens is 440 g/mol. The molecule has 7 nitrogen and oxygen atoms in total. The normalized spacial score (nSPS) is 15.2. The van der Waals surface area contributed by atoms with E-state index in [0.717, 1.165) is 41.9 Å². The molecule has 4 aromatic rings. The molecule has 8 heteroatoms. The number of nitrogens with one attached hydrogen (secondary N) is 1. The number of amides is 1. The zero-order valence-electron chi connectivity index (χ0n) is 18.1. The predicted molar refractivity (Wildman–Crippen MR) is 125 cm³/mol. The van der Waals surface area contributed by atoms with Gasteiger partial charge in [0.2, 0.25) is 0 Å². The van der Waals surface area contributed by atoms with Crippen LogP contribution in [0.4, 0.5) is 5.69 Å². The minimum atomic E-state index is -0.298. The van der Waals surface area contributed by atoms with Gasteiger partial charge in [0.25, 0.3) is 5.91 Å². The van der Waals surface area contributed by atoms with Crippen LogP contribution in [0.3, 0.4) is 0 Å². The summed E-state index contributed by atoms with van der Waals surface area (Å²) < 4.78 is 12.6. The molecule has 0 spiro atoms. The molecule has 1 N–H and O–H groups in total. The number of ether oxygens (including phenoxy) is 1. The molecule has 1 unspecified atom stereocenters. The highest BCUT2D eigenvalue weighted by Gasteiger charge is 2.29. The third-order valence-electron chi connectivity index (χ3n) is 5.99. The Labute approximate surface area is 196 Å². The van der Waals surface area contributed by atoms with E-state index in [1.54, 1.807) is 30.3 Å². The lowest BCUT2D eigenvalue weighted by Crippen LogP contribution is -2.18. The third kappa shape index (κ3) is 4.50. The molecule has 2 heterocycles. The minimum absolute atomic E-state index is 0.298. The molecule has 1 amide bonds. The van der Waals surface area contributed by atoms with E-state index < -0.39 is 0 Å². The number of fused-ring (bicyclic) bond motifs is 1. The molecule has 1 atom stereocenters. The van der Waals surface area contributed by atoms with E-state index in [4.69, 9.17) is 20.9 Å². The molecule has 0 fully saturated rings. The van der Waals surface area contributed by atoms with E-state index in [-0.39, 0.29) is 5.91 Å². The van der Waals surface area contributed by atoms with Crippen molar-refractivity contribution in [1.29, 1.82) is 0 Å². The van der Waals surface area contributed by atoms with Gasteiger partial charge in [-0.3, -0.25) is 9.48 Å². The smallest absolute Gasteiger partial charge is 0.278 e. The lowest BCUT2D eigenvalue weighted by molar-refractivity contribution is 0.101. The minimum Gasteiger partial charge on any atom is -0.496 e. The lowest BCUT2D eigenvalue weighted by Gasteiger charge is -2.21. The number of carbonyl (C=O) groups is 1. The largest absolute Gasteiger partial charge is 0.496 e. The molecule has 1 aliphatic carbocycles. The molecule has 168 valence electrons. The average molecular weight is 463 g/mol. The van der Waals surface area contributed by atoms with Crippen LogP contribution in [0.2, 0.25) is 5.02 Å². The fraction of sp³-hybridized carbons (Fsp3) is 0.240. The monoisotopic (exact) mass is 462 g/mol. The van der Waals surface area contributed by atoms with E-state index in [2.05, 4.69) is 27.7 Å². The fourth-order valence-corrected chi connectivity index (χ4v) is 4.54. The van der Waals surface area contributed by atoms with E-state index >= 15 is 0 Å². The predicted octanol–water partition coefficient (Wildman–Crippen LogP) is 5.11. The van der Waals surface area contributed by atoms with Gasteiger partial charge in [-0.2, -0.15) is 5.10 Å². The van der Waals surface area contributed by atoms with Crippen LogP contribution in [0.1, 0.15) is 45.3 Å². The Morgan fingerprint density at radius 2 is 2.12 bits per heavy atom. The zero-order chi connectivity index (χ0) is 22.8. The summed E-state index contributed by atoms with van der Waals surface area (Å²) in [6.45, 7) is 0.456. The number of rotatable bonds is 6. The van der Waals surface area contributed by atoms with Crippen LogP contribution < -0.4 is 10.1 Å². The molecule has 1 aliphatic rings. The Morgan fingerprint density at radius 3 is 2.94 bits per heavy atom. The van der Waals surface area contributed by atoms with Crippen molar-refractivity contribution in [2.75, 3.05) is 12.4 Å². The highest BCUT2D eigenvalue weighted by Crippen LogP contribution is 2.34. The Kier molecular flexibility index (Phi) is 5.88. The van der Waals surface area contributed by atoms with Crippen LogP contribution in [0.5, 0.6) is 5.75 Å². The third-order valence-corrected chi connectivity index (χ3v) is 6.23. The number of benzene rings is 2. The Morgan fingerprint density at radius 1 is 1.27 bits per heavy atom. The average Bonchev–Trinajstić information content (AvgIpc) is 3.46. The SMILES string of the molecule is COc1ccc(Cl)cc1Cn1cc(NC(=O)c2noc3c2CC(c2ccccc2)CC3)cn1. The van der Waals surface area contributed by atoms with E-state index in [1.165, 1.54) is 5.56 Å². The maximum atomic E-state index is 13.0. The Bertz CT molecular complexity index is 1280. The van der Waals surface area contributed by atoms with Crippen LogP contribution in [-0.4, -0.2) is 28.0 Å². The Balaban J connectivity index is 1.30. The maximum Gasteiger partial charge on any atom is 0.278 e. The van der Waals surface area contributed by atoms with Crippen LogP contribution in [0, 0.1) is 0 Å². The highest BCUT2D eigenvalue weighted by atomic mass is 35.5. The molecule has 0 bridgehead atoms. The second-order valence-electron chi connectivity index (χ2n) is 8.12. The number of aryl methyl sites for hydroxylation is 1. The summed E-state index contributed by atoms with van der Waals surface area (Å²) in [6.07, 6.45) is 5.85. The first kappa shape index (κ1) is 21.3. The van der Waals surface area contributed by atoms with Gasteiger partial charge in [0.05, 0.1) is 25.5 Å². The van der Waals surface area contributed by atoms with Crippen LogP contribution >= 0.6 is 11.6 Å². The summed E-state index contributed by atoms with van der Waals surface area (Å²) in [7, 11) is 1.61. The number of halogens is 1. The zero-order valence-corrected chi connectivity index (χ0v) is 18.9. The van der Waals surface area contributed by atoms with Crippen LogP contribution in [0.15, 0.2) is 65.4 Å². The van der Waals surface area contributed by atoms with Gasteiger partial charge >= 0.3 is 0 Å². The van der Waals surface area contributed by atoms with Crippen molar-refractivity contribution in [3.8, 4) is 5.75 Å². The number of anilines is 1. The van der Waals surface area contributed by atoms with Crippen molar-refractivity contribution in [1.82, 2.24) is 14.9 Å². The first-order chi connectivity index (χ1) is 16.1. The number of aromatic nitrogens is 3. The molecule has 0 saturated heterocycles. The molecule has 0 aliphatic heterocycles. The molecule has 0 saturated carbocycles. The van der Waals surface area contributed by atoms with Crippen LogP contribution in [-0.2, 0) is 19.4 Å². The summed E-state index contributed by atoms with van der Waals surface area (Å²) in [5.41, 5.74) is 3.98. The number of carbonyl (C=O) groups excluding carboxylic acids is 1. The quantitative estimate of drug-likeness (QED) is 0.430. The molecule has 33 heavy (non-hydrogen) atoms. The van der Waals surface area contributed by atoms with Gasteiger partial charge in [0, 0.05) is 28.8 Å². The van der Waals surface area contributed by atoms with Gasteiger partial charge in [0.15, 0.2) is 5.69 Å². The standard InChI is InChI=1S/C25H23ClN4O3/c1-32-22-10-8-19(26)11-18(22)14-30-15-20(13-27-30)28-25(31)24-21-12-17(7-9-23(21)33-29-24)16-5-3-2-4-6-16/h2-6,8,10-11,13,15,17H,7,9,12,14H2,1H3,(H,28,31). The van der Waals surface area contributed by atoms with Gasteiger partial charge in [-0.05, 0) is 42.5 Å². The van der Waals surface area contributed by atoms with Crippen molar-refractivity contribution in [3.05, 3.63) is 94.1 Å². The van der Waals surface area contributed by atoms with Gasteiger partial charge < -0.3 is 14.6 Å². The molecule has 5 rings (SSSR count). The van der Waals surface area contributed by atoms with Crippen molar-refractivity contribution >= 4 is 23.2 Å². The molecule has 0 radical (unpaired) electrons. The molecule has 2 aromatic heterocycles. The fourth-order valence-electron chi connectivity index (χ4n) is 4.34. The molecule has 2 aromatic carbocycles. The number of hydrogen-bond acceptors (Lipinski definition) is 5. The van der Waals surface area contributed by atoms with E-state index in [1.807, 2.05) is 30.3 Å². The summed E-state index contributed by atoms with van der Waals surface area (Å²) >= 11 is 6.12. The topological polar surface area (TPSA) is 82.2 Å². The second-order valence-corrected chi connectivity index (χ2v) is 8.56. The van der Waals surface area contributed by atoms with E-state index in [0.29, 0.717) is 28.9 Å². The molecular formula is C25H23ClN4O3. The maximum absolute atomic E-state index is 13.0. The van der Waals surface area contributed by atoms with E-state index in [9.17, 15) is 4.79 Å². The van der Waals surface area contributed by atoms with Gasteiger partial charge in [-0.25, -0.2) is 0 Å². The van der Waals surface area contributed by atoms with Crippen LogP contribution in [0.25, 0.3) is 0 Å². The van der Waals surface area contributed by atoms with Crippen molar-refractivity contribution in [2.24, 2.45) is 0 Å². The second kappa shape index (κ2) is 9.11. The first-order valence-electron chi connectivity index (χ1n) is 10.8. The summed E-state index contributed by atoms with van der Waals surface area (Å²) in [4.78, 5) is 13.0. The van der Waals surface area contributed by atoms with Crippen molar-refractivity contribution in [2.45, 2.75) is 31.7 Å². The van der Waals surface area contributed by atoms with Gasteiger partial charge in [-0.15, -0.1) is 0 Å². The number of methoxy groups -OCH3 is 1. The van der Waals surface area contributed by atoms with Gasteiger partial charge in [-0.1, -0.05) is 47.1 Å². The van der Waals surface area contributed by atoms with Crippen molar-refractivity contribution < 1.29 is 14.1 Å². The highest BCUT2D eigenvalue weighted by molar-refractivity contribution is 6.30. The van der Waals surface area contributed by atoms with Crippen molar-refractivity contribution in [3.63, 3.8) is 0 Å². The summed E-state index contributed by atoms with van der Waals surface area (Å²) in [6, 6.07) is 15.8.